The lowest BCUT2D eigenvalue weighted by molar-refractivity contribution is 0.0949. The summed E-state index contributed by atoms with van der Waals surface area (Å²) in [5.74, 6) is 1.11. The Morgan fingerprint density at radius 2 is 1.79 bits per heavy atom. The predicted octanol–water partition coefficient (Wildman–Crippen LogP) is 2.38. The zero-order valence-electron chi connectivity index (χ0n) is 14.1. The Morgan fingerprint density at radius 1 is 1.12 bits per heavy atom. The van der Waals surface area contributed by atoms with Gasteiger partial charge in [0.2, 0.25) is 0 Å². The number of nitrogens with zero attached hydrogens (tertiary/aromatic N) is 3. The number of methoxy groups -OCH3 is 2. The van der Waals surface area contributed by atoms with Crippen LogP contribution in [0.2, 0.25) is 0 Å². The Kier molecular flexibility index (Phi) is 5.83. The summed E-state index contributed by atoms with van der Waals surface area (Å²) in [6, 6.07) is 5.30. The van der Waals surface area contributed by atoms with Gasteiger partial charge in [0.15, 0.2) is 0 Å². The first-order valence-electron chi connectivity index (χ1n) is 7.42. The molecule has 0 aliphatic heterocycles. The van der Waals surface area contributed by atoms with Crippen molar-refractivity contribution < 1.29 is 14.3 Å². The van der Waals surface area contributed by atoms with Gasteiger partial charge in [0.1, 0.15) is 17.2 Å². The van der Waals surface area contributed by atoms with E-state index in [0.717, 1.165) is 11.3 Å². The van der Waals surface area contributed by atoms with E-state index in [2.05, 4.69) is 20.5 Å². The number of ether oxygens (including phenoxy) is 2. The molecule has 7 heteroatoms. The van der Waals surface area contributed by atoms with Crippen molar-refractivity contribution in [3.63, 3.8) is 0 Å². The average Bonchev–Trinajstić information content (AvgIpc) is 2.61. The fraction of sp³-hybridized carbons (Fsp3) is 0.294. The van der Waals surface area contributed by atoms with E-state index in [1.54, 1.807) is 38.6 Å². The number of nitrogens with one attached hydrogen (secondary N) is 1. The molecule has 0 fully saturated rings. The number of benzene rings is 1. The Hall–Kier alpha value is -2.96. The standard InChI is InChI=1S/C17H20N4O3/c1-11(2)15-9-19-16(10-18-15)17(22)21-20-8-12-5-13(23-3)7-14(6-12)24-4/h5-11H,1-4H3,(H,21,22)/b20-8+. The maximum atomic E-state index is 12.0. The van der Waals surface area contributed by atoms with E-state index in [9.17, 15) is 4.79 Å². The summed E-state index contributed by atoms with van der Waals surface area (Å²) in [6.07, 6.45) is 4.53. The molecule has 7 nitrogen and oxygen atoms in total. The highest BCUT2D eigenvalue weighted by Crippen LogP contribution is 2.21. The van der Waals surface area contributed by atoms with Crippen LogP contribution in [0.1, 0.15) is 41.5 Å². The maximum absolute atomic E-state index is 12.0. The summed E-state index contributed by atoms with van der Waals surface area (Å²) in [5, 5.41) is 3.92. The molecule has 0 aliphatic rings. The van der Waals surface area contributed by atoms with E-state index in [-0.39, 0.29) is 11.6 Å². The van der Waals surface area contributed by atoms with Crippen LogP contribution in [0.3, 0.4) is 0 Å². The minimum absolute atomic E-state index is 0.208. The van der Waals surface area contributed by atoms with E-state index in [1.165, 1.54) is 12.4 Å². The zero-order valence-corrected chi connectivity index (χ0v) is 14.1. The molecule has 0 saturated carbocycles. The predicted molar refractivity (Wildman–Crippen MR) is 90.7 cm³/mol. The topological polar surface area (TPSA) is 85.7 Å². The van der Waals surface area contributed by atoms with Crippen LogP contribution in [0.5, 0.6) is 11.5 Å². The van der Waals surface area contributed by atoms with Gasteiger partial charge in [-0.1, -0.05) is 13.8 Å². The zero-order chi connectivity index (χ0) is 17.5. The lowest BCUT2D eigenvalue weighted by Crippen LogP contribution is -2.19. The molecule has 0 atom stereocenters. The minimum Gasteiger partial charge on any atom is -0.497 e. The van der Waals surface area contributed by atoms with Crippen LogP contribution >= 0.6 is 0 Å². The van der Waals surface area contributed by atoms with Crippen LogP contribution in [0.4, 0.5) is 0 Å². The summed E-state index contributed by atoms with van der Waals surface area (Å²) in [5.41, 5.74) is 4.19. The van der Waals surface area contributed by atoms with Crippen molar-refractivity contribution in [3.8, 4) is 11.5 Å². The van der Waals surface area contributed by atoms with Crippen LogP contribution in [0, 0.1) is 0 Å². The second-order valence-electron chi connectivity index (χ2n) is 5.33. The fourth-order valence-corrected chi connectivity index (χ4v) is 1.88. The van der Waals surface area contributed by atoms with Crippen LogP contribution in [-0.4, -0.2) is 36.3 Å². The molecule has 1 aromatic heterocycles. The van der Waals surface area contributed by atoms with Crippen molar-refractivity contribution in [2.75, 3.05) is 14.2 Å². The lowest BCUT2D eigenvalue weighted by atomic mass is 10.1. The fourth-order valence-electron chi connectivity index (χ4n) is 1.88. The second-order valence-corrected chi connectivity index (χ2v) is 5.33. The minimum atomic E-state index is -0.427. The molecular weight excluding hydrogens is 308 g/mol. The van der Waals surface area contributed by atoms with Gasteiger partial charge in [-0.25, -0.2) is 10.4 Å². The molecule has 0 radical (unpaired) electrons. The third-order valence-corrected chi connectivity index (χ3v) is 3.25. The highest BCUT2D eigenvalue weighted by Gasteiger charge is 2.08. The Balaban J connectivity index is 2.04. The van der Waals surface area contributed by atoms with E-state index in [4.69, 9.17) is 9.47 Å². The quantitative estimate of drug-likeness (QED) is 0.650. The van der Waals surface area contributed by atoms with Gasteiger partial charge in [0.05, 0.1) is 32.3 Å². The van der Waals surface area contributed by atoms with Crippen molar-refractivity contribution >= 4 is 12.1 Å². The molecule has 0 spiro atoms. The summed E-state index contributed by atoms with van der Waals surface area (Å²) in [7, 11) is 3.13. The number of carbonyl (C=O) groups excluding carboxylic acids is 1. The molecule has 1 amide bonds. The molecule has 0 unspecified atom stereocenters. The highest BCUT2D eigenvalue weighted by molar-refractivity contribution is 5.92. The molecule has 0 saturated heterocycles. The van der Waals surface area contributed by atoms with Gasteiger partial charge in [0, 0.05) is 17.8 Å². The van der Waals surface area contributed by atoms with Gasteiger partial charge < -0.3 is 9.47 Å². The number of amides is 1. The highest BCUT2D eigenvalue weighted by atomic mass is 16.5. The number of carbonyl (C=O) groups is 1. The average molecular weight is 328 g/mol. The molecule has 1 aromatic carbocycles. The van der Waals surface area contributed by atoms with Crippen molar-refractivity contribution in [1.82, 2.24) is 15.4 Å². The molecule has 0 bridgehead atoms. The van der Waals surface area contributed by atoms with E-state index in [1.807, 2.05) is 13.8 Å². The number of hydrogen-bond donors (Lipinski definition) is 1. The van der Waals surface area contributed by atoms with Gasteiger partial charge in [-0.2, -0.15) is 5.10 Å². The van der Waals surface area contributed by atoms with E-state index >= 15 is 0 Å². The number of hydrazone groups is 1. The van der Waals surface area contributed by atoms with Gasteiger partial charge in [-0.15, -0.1) is 0 Å². The molecular formula is C17H20N4O3. The molecule has 1 N–H and O–H groups in total. The van der Waals surface area contributed by atoms with E-state index < -0.39 is 5.91 Å². The van der Waals surface area contributed by atoms with Crippen molar-refractivity contribution in [2.45, 2.75) is 19.8 Å². The maximum Gasteiger partial charge on any atom is 0.291 e. The summed E-state index contributed by atoms with van der Waals surface area (Å²) >= 11 is 0. The SMILES string of the molecule is COc1cc(/C=N/NC(=O)c2cnc(C(C)C)cn2)cc(OC)c1. The van der Waals surface area contributed by atoms with Crippen molar-refractivity contribution in [2.24, 2.45) is 5.10 Å². The third-order valence-electron chi connectivity index (χ3n) is 3.25. The first-order chi connectivity index (χ1) is 11.5. The van der Waals surface area contributed by atoms with Crippen LogP contribution < -0.4 is 14.9 Å². The number of rotatable bonds is 6. The van der Waals surface area contributed by atoms with Gasteiger partial charge in [-0.05, 0) is 18.1 Å². The second kappa shape index (κ2) is 8.05. The molecule has 0 aliphatic carbocycles. The smallest absolute Gasteiger partial charge is 0.291 e. The van der Waals surface area contributed by atoms with Crippen molar-refractivity contribution in [1.29, 1.82) is 0 Å². The largest absolute Gasteiger partial charge is 0.497 e. The first-order valence-corrected chi connectivity index (χ1v) is 7.42. The van der Waals surface area contributed by atoms with Gasteiger partial charge in [0.25, 0.3) is 5.91 Å². The van der Waals surface area contributed by atoms with Crippen LogP contribution in [0.25, 0.3) is 0 Å². The Labute approximate surface area is 140 Å². The summed E-state index contributed by atoms with van der Waals surface area (Å²) in [6.45, 7) is 4.02. The molecule has 24 heavy (non-hydrogen) atoms. The Morgan fingerprint density at radius 3 is 2.29 bits per heavy atom. The van der Waals surface area contributed by atoms with Crippen molar-refractivity contribution in [3.05, 3.63) is 47.5 Å². The third kappa shape index (κ3) is 4.52. The molecule has 2 aromatic rings. The van der Waals surface area contributed by atoms with E-state index in [0.29, 0.717) is 11.5 Å². The molecule has 2 rings (SSSR count). The van der Waals surface area contributed by atoms with Crippen LogP contribution in [-0.2, 0) is 0 Å². The molecule has 126 valence electrons. The first kappa shape index (κ1) is 17.4. The summed E-state index contributed by atoms with van der Waals surface area (Å²) < 4.78 is 10.4. The number of aromatic nitrogens is 2. The van der Waals surface area contributed by atoms with Gasteiger partial charge >= 0.3 is 0 Å². The lowest BCUT2D eigenvalue weighted by Gasteiger charge is -2.06. The molecule has 1 heterocycles. The Bertz CT molecular complexity index is 705. The van der Waals surface area contributed by atoms with Crippen LogP contribution in [0.15, 0.2) is 35.7 Å². The normalized spacial score (nSPS) is 10.9. The summed E-state index contributed by atoms with van der Waals surface area (Å²) in [4.78, 5) is 20.3. The number of hydrogen-bond acceptors (Lipinski definition) is 6. The van der Waals surface area contributed by atoms with Gasteiger partial charge in [-0.3, -0.25) is 9.78 Å². The monoisotopic (exact) mass is 328 g/mol.